The molecule has 2 aromatic rings. The van der Waals surface area contributed by atoms with Crippen LogP contribution in [0.15, 0.2) is 24.4 Å². The van der Waals surface area contributed by atoms with Crippen LogP contribution in [0, 0.1) is 5.92 Å². The lowest BCUT2D eigenvalue weighted by molar-refractivity contribution is -0.118. The second-order valence-corrected chi connectivity index (χ2v) is 7.01. The Morgan fingerprint density at radius 3 is 3.14 bits per heavy atom. The Morgan fingerprint density at radius 2 is 2.32 bits per heavy atom. The number of aromatic amines is 1. The van der Waals surface area contributed by atoms with Crippen molar-refractivity contribution in [3.63, 3.8) is 0 Å². The Bertz CT molecular complexity index is 720. The molecular formula is C18H23N3O. The minimum atomic E-state index is -0.177. The number of piperidine rings is 1. The summed E-state index contributed by atoms with van der Waals surface area (Å²) in [6.45, 7) is 1.07. The summed E-state index contributed by atoms with van der Waals surface area (Å²) in [7, 11) is 2.23. The number of hydrogen-bond acceptors (Lipinski definition) is 2. The van der Waals surface area contributed by atoms with E-state index in [9.17, 15) is 4.79 Å². The van der Waals surface area contributed by atoms with Crippen LogP contribution in [0.4, 0.5) is 0 Å². The van der Waals surface area contributed by atoms with Gasteiger partial charge in [-0.2, -0.15) is 0 Å². The normalized spacial score (nSPS) is 27.8. The van der Waals surface area contributed by atoms with Gasteiger partial charge < -0.3 is 15.6 Å². The van der Waals surface area contributed by atoms with E-state index in [4.69, 9.17) is 5.73 Å². The fraction of sp³-hybridized carbons (Fsp3) is 0.500. The third-order valence-electron chi connectivity index (χ3n) is 5.61. The van der Waals surface area contributed by atoms with Crippen molar-refractivity contribution in [3.8, 4) is 0 Å². The number of carbonyl (C=O) groups excluding carboxylic acids is 1. The van der Waals surface area contributed by atoms with E-state index in [1.165, 1.54) is 28.5 Å². The Hall–Kier alpha value is -1.81. The number of benzene rings is 1. The molecule has 4 rings (SSSR count). The first-order valence-electron chi connectivity index (χ1n) is 8.21. The number of aromatic nitrogens is 1. The molecule has 116 valence electrons. The van der Waals surface area contributed by atoms with Gasteiger partial charge >= 0.3 is 0 Å². The van der Waals surface area contributed by atoms with E-state index in [-0.39, 0.29) is 5.91 Å². The van der Waals surface area contributed by atoms with Gasteiger partial charge in [0.1, 0.15) is 0 Å². The molecule has 0 spiro atoms. The maximum Gasteiger partial charge on any atom is 0.217 e. The average molecular weight is 297 g/mol. The highest BCUT2D eigenvalue weighted by Crippen LogP contribution is 2.44. The van der Waals surface area contributed by atoms with Crippen molar-refractivity contribution >= 4 is 16.8 Å². The lowest BCUT2D eigenvalue weighted by Gasteiger charge is -2.45. The maximum atomic E-state index is 11.1. The second kappa shape index (κ2) is 5.13. The van der Waals surface area contributed by atoms with Crippen LogP contribution in [0.1, 0.15) is 36.3 Å². The van der Waals surface area contributed by atoms with Gasteiger partial charge in [-0.05, 0) is 49.4 Å². The van der Waals surface area contributed by atoms with E-state index in [0.717, 1.165) is 19.4 Å². The predicted octanol–water partition coefficient (Wildman–Crippen LogP) is 2.39. The third-order valence-corrected chi connectivity index (χ3v) is 5.61. The van der Waals surface area contributed by atoms with Gasteiger partial charge in [0.05, 0.1) is 0 Å². The highest BCUT2D eigenvalue weighted by molar-refractivity contribution is 5.88. The summed E-state index contributed by atoms with van der Waals surface area (Å²) in [6, 6.07) is 7.20. The van der Waals surface area contributed by atoms with Gasteiger partial charge in [0.15, 0.2) is 0 Å². The molecule has 4 nitrogen and oxygen atoms in total. The van der Waals surface area contributed by atoms with E-state index in [2.05, 4.69) is 41.3 Å². The first-order chi connectivity index (χ1) is 10.6. The molecule has 4 heteroatoms. The quantitative estimate of drug-likeness (QED) is 0.914. The summed E-state index contributed by atoms with van der Waals surface area (Å²) in [4.78, 5) is 17.0. The molecule has 1 amide bonds. The van der Waals surface area contributed by atoms with Crippen LogP contribution in [-0.2, 0) is 11.2 Å². The third kappa shape index (κ3) is 2.13. The van der Waals surface area contributed by atoms with Gasteiger partial charge in [0.25, 0.3) is 0 Å². The second-order valence-electron chi connectivity index (χ2n) is 7.01. The molecular weight excluding hydrogens is 274 g/mol. The molecule has 1 aromatic heterocycles. The predicted molar refractivity (Wildman–Crippen MR) is 87.7 cm³/mol. The van der Waals surface area contributed by atoms with Gasteiger partial charge in [-0.25, -0.2) is 0 Å². The number of amides is 1. The molecule has 3 N–H and O–H groups in total. The zero-order valence-electron chi connectivity index (χ0n) is 13.0. The lowest BCUT2D eigenvalue weighted by atomic mass is 9.71. The van der Waals surface area contributed by atoms with Crippen LogP contribution >= 0.6 is 0 Å². The number of fused-ring (bicyclic) bond motifs is 2. The van der Waals surface area contributed by atoms with Crippen molar-refractivity contribution in [1.29, 1.82) is 0 Å². The largest absolute Gasteiger partial charge is 0.370 e. The van der Waals surface area contributed by atoms with Crippen LogP contribution in [0.5, 0.6) is 0 Å². The minimum Gasteiger partial charge on any atom is -0.370 e. The van der Waals surface area contributed by atoms with Crippen molar-refractivity contribution in [2.45, 2.75) is 37.6 Å². The van der Waals surface area contributed by atoms with Gasteiger partial charge in [-0.3, -0.25) is 4.79 Å². The van der Waals surface area contributed by atoms with Crippen molar-refractivity contribution in [1.82, 2.24) is 9.88 Å². The van der Waals surface area contributed by atoms with Crippen molar-refractivity contribution in [2.24, 2.45) is 11.7 Å². The van der Waals surface area contributed by atoms with Crippen LogP contribution < -0.4 is 5.73 Å². The number of likely N-dealkylation sites (N-methyl/N-ethyl adjacent to an activating group) is 1. The zero-order valence-corrected chi connectivity index (χ0v) is 13.0. The standard InChI is InChI=1S/C18H23N3O/c1-21-10-11(5-6-17(19)22)7-14-13-3-2-4-15-18(13)12(9-20-15)8-16(14)21/h2-4,9,11,14,16,20H,5-8,10H2,1H3,(H2,19,22)/t11-,14-,16-/m1/s1. The number of likely N-dealkylation sites (tertiary alicyclic amines) is 1. The molecule has 1 aromatic carbocycles. The SMILES string of the molecule is CN1C[C@H](CCC(N)=O)C[C@@H]2c3cccc4[nH]cc(c34)C[C@H]21. The van der Waals surface area contributed by atoms with E-state index in [1.54, 1.807) is 0 Å². The van der Waals surface area contributed by atoms with Gasteiger partial charge in [-0.15, -0.1) is 0 Å². The number of rotatable bonds is 3. The highest BCUT2D eigenvalue weighted by Gasteiger charge is 2.39. The summed E-state index contributed by atoms with van der Waals surface area (Å²) in [6.07, 6.45) is 5.90. The number of nitrogens with one attached hydrogen (secondary N) is 1. The Kier molecular flexibility index (Phi) is 3.22. The molecule has 1 aliphatic carbocycles. The zero-order chi connectivity index (χ0) is 15.3. The highest BCUT2D eigenvalue weighted by atomic mass is 16.1. The molecule has 22 heavy (non-hydrogen) atoms. The van der Waals surface area contributed by atoms with Crippen LogP contribution in [0.2, 0.25) is 0 Å². The molecule has 1 fully saturated rings. The number of hydrogen-bond donors (Lipinski definition) is 2. The molecule has 0 bridgehead atoms. The topological polar surface area (TPSA) is 62.1 Å². The van der Waals surface area contributed by atoms with Crippen molar-refractivity contribution < 1.29 is 4.79 Å². The van der Waals surface area contributed by atoms with E-state index in [0.29, 0.717) is 24.3 Å². The van der Waals surface area contributed by atoms with Crippen LogP contribution in [0.3, 0.4) is 0 Å². The molecule has 0 unspecified atom stereocenters. The van der Waals surface area contributed by atoms with Crippen LogP contribution in [-0.4, -0.2) is 35.4 Å². The molecule has 1 saturated heterocycles. The van der Waals surface area contributed by atoms with Crippen molar-refractivity contribution in [2.75, 3.05) is 13.6 Å². The molecule has 0 radical (unpaired) electrons. The lowest BCUT2D eigenvalue weighted by Crippen LogP contribution is -2.47. The maximum absolute atomic E-state index is 11.1. The summed E-state index contributed by atoms with van der Waals surface area (Å²) < 4.78 is 0. The number of primary amides is 1. The molecule has 2 heterocycles. The fourth-order valence-corrected chi connectivity index (χ4v) is 4.61. The number of carbonyl (C=O) groups is 1. The average Bonchev–Trinajstić information content (AvgIpc) is 2.91. The van der Waals surface area contributed by atoms with Gasteiger partial charge in [-0.1, -0.05) is 12.1 Å². The van der Waals surface area contributed by atoms with E-state index < -0.39 is 0 Å². The van der Waals surface area contributed by atoms with Gasteiger partial charge in [0.2, 0.25) is 5.91 Å². The first kappa shape index (κ1) is 13.8. The number of nitrogens with zero attached hydrogens (tertiary/aromatic N) is 1. The smallest absolute Gasteiger partial charge is 0.217 e. The monoisotopic (exact) mass is 297 g/mol. The van der Waals surface area contributed by atoms with Gasteiger partial charge in [0, 0.05) is 42.0 Å². The molecule has 0 saturated carbocycles. The summed E-state index contributed by atoms with van der Waals surface area (Å²) in [5.74, 6) is 0.960. The Balaban J connectivity index is 1.67. The van der Waals surface area contributed by atoms with E-state index in [1.807, 2.05) is 0 Å². The van der Waals surface area contributed by atoms with Crippen molar-refractivity contribution in [3.05, 3.63) is 35.5 Å². The molecule has 1 aliphatic heterocycles. The fourth-order valence-electron chi connectivity index (χ4n) is 4.61. The minimum absolute atomic E-state index is 0.177. The molecule has 3 atom stereocenters. The summed E-state index contributed by atoms with van der Waals surface area (Å²) in [5.41, 5.74) is 9.53. The first-order valence-corrected chi connectivity index (χ1v) is 8.21. The summed E-state index contributed by atoms with van der Waals surface area (Å²) in [5, 5.41) is 1.44. The Labute approximate surface area is 130 Å². The Morgan fingerprint density at radius 1 is 1.45 bits per heavy atom. The number of nitrogens with two attached hydrogens (primary N) is 1. The molecule has 2 aliphatic rings. The van der Waals surface area contributed by atoms with Crippen LogP contribution in [0.25, 0.3) is 10.9 Å². The van der Waals surface area contributed by atoms with E-state index >= 15 is 0 Å². The summed E-state index contributed by atoms with van der Waals surface area (Å²) >= 11 is 0. The number of H-pyrrole nitrogens is 1.